The van der Waals surface area contributed by atoms with Crippen LogP contribution in [0.3, 0.4) is 0 Å². The first-order valence-electron chi connectivity index (χ1n) is 11.2. The van der Waals surface area contributed by atoms with Crippen LogP contribution in [0.25, 0.3) is 11.1 Å². The van der Waals surface area contributed by atoms with Gasteiger partial charge in [0.15, 0.2) is 0 Å². The maximum absolute atomic E-state index is 12.2. The molecule has 0 spiro atoms. The summed E-state index contributed by atoms with van der Waals surface area (Å²) in [5, 5.41) is 24.1. The van der Waals surface area contributed by atoms with Crippen molar-refractivity contribution in [2.45, 2.75) is 37.3 Å². The summed E-state index contributed by atoms with van der Waals surface area (Å²) in [4.78, 5) is 35.5. The van der Waals surface area contributed by atoms with Gasteiger partial charge in [-0.2, -0.15) is 0 Å². The third-order valence-corrected chi connectivity index (χ3v) is 5.72. The van der Waals surface area contributed by atoms with Crippen LogP contribution < -0.4 is 10.6 Å². The Morgan fingerprint density at radius 1 is 1.03 bits per heavy atom. The van der Waals surface area contributed by atoms with Gasteiger partial charge in [-0.1, -0.05) is 48.5 Å². The number of rotatable bonds is 12. The molecule has 9 nitrogen and oxygen atoms in total. The Balaban J connectivity index is 1.44. The van der Waals surface area contributed by atoms with Gasteiger partial charge in [-0.05, 0) is 35.1 Å². The molecule has 0 saturated carbocycles. The second-order valence-electron chi connectivity index (χ2n) is 8.16. The highest BCUT2D eigenvalue weighted by Crippen LogP contribution is 2.44. The average molecular weight is 471 g/mol. The van der Waals surface area contributed by atoms with Gasteiger partial charge in [0.05, 0.1) is 12.5 Å². The monoisotopic (exact) mass is 470 g/mol. The summed E-state index contributed by atoms with van der Waals surface area (Å²) in [5.41, 5.74) is 4.42. The van der Waals surface area contributed by atoms with E-state index >= 15 is 0 Å². The van der Waals surface area contributed by atoms with Crippen LogP contribution in [-0.2, 0) is 19.1 Å². The minimum atomic E-state index is -1.19. The van der Waals surface area contributed by atoms with Crippen LogP contribution in [0, 0.1) is 0 Å². The average Bonchev–Trinajstić information content (AvgIpc) is 3.14. The van der Waals surface area contributed by atoms with Crippen molar-refractivity contribution in [3.8, 4) is 11.1 Å². The van der Waals surface area contributed by atoms with Crippen molar-refractivity contribution < 1.29 is 34.1 Å². The molecule has 1 aliphatic carbocycles. The zero-order valence-corrected chi connectivity index (χ0v) is 19.0. The lowest BCUT2D eigenvalue weighted by Crippen LogP contribution is -2.43. The second kappa shape index (κ2) is 12.2. The predicted molar refractivity (Wildman–Crippen MR) is 124 cm³/mol. The van der Waals surface area contributed by atoms with E-state index in [0.29, 0.717) is 13.0 Å². The van der Waals surface area contributed by atoms with E-state index in [1.165, 1.54) is 7.11 Å². The van der Waals surface area contributed by atoms with Gasteiger partial charge >= 0.3 is 12.1 Å². The van der Waals surface area contributed by atoms with Crippen LogP contribution >= 0.6 is 0 Å². The van der Waals surface area contributed by atoms with Gasteiger partial charge in [-0.15, -0.1) is 0 Å². The Hall–Kier alpha value is -3.43. The molecular weight excluding hydrogens is 440 g/mol. The molecule has 0 aromatic heterocycles. The number of aliphatic hydroxyl groups is 1. The molecule has 4 N–H and O–H groups in total. The molecule has 2 aromatic carbocycles. The number of benzene rings is 2. The number of hydrogen-bond donors (Lipinski definition) is 4. The number of fused-ring (bicyclic) bond motifs is 3. The highest BCUT2D eigenvalue weighted by molar-refractivity contribution is 5.83. The number of nitrogens with one attached hydrogen (secondary N) is 2. The van der Waals surface area contributed by atoms with E-state index in [1.807, 2.05) is 48.5 Å². The standard InChI is InChI=1S/C25H30N2O7/c1-33-12-6-11-22(24(30)31)27-23(29)13-16(28)14-26-25(32)34-15-21-19-9-4-2-7-17(19)18-8-3-5-10-20(18)21/h2-5,7-10,16,21-22,28H,6,11-15H2,1H3,(H,26,32)(H,27,29)(H,30,31). The molecule has 0 saturated heterocycles. The lowest BCUT2D eigenvalue weighted by Gasteiger charge is -2.17. The van der Waals surface area contributed by atoms with Gasteiger partial charge in [0, 0.05) is 26.2 Å². The number of hydrogen-bond acceptors (Lipinski definition) is 6. The zero-order valence-electron chi connectivity index (χ0n) is 19.0. The maximum atomic E-state index is 12.2. The molecule has 0 radical (unpaired) electrons. The van der Waals surface area contributed by atoms with E-state index in [4.69, 9.17) is 9.47 Å². The van der Waals surface area contributed by atoms with Gasteiger partial charge < -0.3 is 30.3 Å². The van der Waals surface area contributed by atoms with E-state index < -0.39 is 30.1 Å². The Morgan fingerprint density at radius 2 is 1.65 bits per heavy atom. The van der Waals surface area contributed by atoms with Crippen LogP contribution in [0.1, 0.15) is 36.3 Å². The number of carbonyl (C=O) groups is 3. The van der Waals surface area contributed by atoms with E-state index in [-0.39, 0.29) is 31.9 Å². The number of methoxy groups -OCH3 is 1. The lowest BCUT2D eigenvalue weighted by molar-refractivity contribution is -0.142. The number of amides is 2. The Kier molecular flexibility index (Phi) is 9.00. The summed E-state index contributed by atoms with van der Waals surface area (Å²) in [6.07, 6.45) is -1.56. The molecule has 3 rings (SSSR count). The van der Waals surface area contributed by atoms with E-state index in [1.54, 1.807) is 0 Å². The quantitative estimate of drug-likeness (QED) is 0.350. The Labute approximate surface area is 198 Å². The molecule has 0 aliphatic heterocycles. The molecule has 2 atom stereocenters. The van der Waals surface area contributed by atoms with Crippen molar-refractivity contribution in [1.82, 2.24) is 10.6 Å². The molecule has 182 valence electrons. The number of alkyl carbamates (subject to hydrolysis) is 1. The molecule has 2 unspecified atom stereocenters. The molecule has 0 heterocycles. The van der Waals surface area contributed by atoms with Gasteiger partial charge in [-0.3, -0.25) is 4.79 Å². The van der Waals surface area contributed by atoms with Crippen LogP contribution in [0.5, 0.6) is 0 Å². The number of carbonyl (C=O) groups excluding carboxylic acids is 2. The van der Waals surface area contributed by atoms with E-state index in [9.17, 15) is 24.6 Å². The van der Waals surface area contributed by atoms with Crippen molar-refractivity contribution in [1.29, 1.82) is 0 Å². The molecule has 1 aliphatic rings. The van der Waals surface area contributed by atoms with Gasteiger partial charge in [0.1, 0.15) is 12.6 Å². The SMILES string of the molecule is COCCCC(NC(=O)CC(O)CNC(=O)OCC1c2ccccc2-c2ccccc21)C(=O)O. The minimum Gasteiger partial charge on any atom is -0.480 e. The first kappa shape index (κ1) is 25.2. The summed E-state index contributed by atoms with van der Waals surface area (Å²) in [6, 6.07) is 14.9. The lowest BCUT2D eigenvalue weighted by atomic mass is 9.98. The van der Waals surface area contributed by atoms with E-state index in [2.05, 4.69) is 10.6 Å². The number of carboxylic acids is 1. The van der Waals surface area contributed by atoms with Crippen molar-refractivity contribution >= 4 is 18.0 Å². The molecule has 34 heavy (non-hydrogen) atoms. The number of aliphatic hydroxyl groups excluding tert-OH is 1. The highest BCUT2D eigenvalue weighted by atomic mass is 16.5. The predicted octanol–water partition coefficient (Wildman–Crippen LogP) is 2.27. The van der Waals surface area contributed by atoms with Gasteiger partial charge in [-0.25, -0.2) is 9.59 Å². The number of aliphatic carboxylic acids is 1. The molecule has 0 fully saturated rings. The molecule has 0 bridgehead atoms. The summed E-state index contributed by atoms with van der Waals surface area (Å²) in [7, 11) is 1.51. The zero-order chi connectivity index (χ0) is 24.5. The highest BCUT2D eigenvalue weighted by Gasteiger charge is 2.29. The molecular formula is C25H30N2O7. The fraction of sp³-hybridized carbons (Fsp3) is 0.400. The van der Waals surface area contributed by atoms with Crippen molar-refractivity contribution in [2.24, 2.45) is 0 Å². The summed E-state index contributed by atoms with van der Waals surface area (Å²) >= 11 is 0. The van der Waals surface area contributed by atoms with Crippen molar-refractivity contribution in [3.63, 3.8) is 0 Å². The second-order valence-corrected chi connectivity index (χ2v) is 8.16. The third-order valence-electron chi connectivity index (χ3n) is 5.72. The van der Waals surface area contributed by atoms with Crippen LogP contribution in [-0.4, -0.2) is 67.2 Å². The van der Waals surface area contributed by atoms with Crippen LogP contribution in [0.4, 0.5) is 4.79 Å². The minimum absolute atomic E-state index is 0.0834. The van der Waals surface area contributed by atoms with E-state index in [0.717, 1.165) is 22.3 Å². The largest absolute Gasteiger partial charge is 0.480 e. The molecule has 9 heteroatoms. The molecule has 2 amide bonds. The normalized spacial score (nSPS) is 13.9. The third kappa shape index (κ3) is 6.55. The summed E-state index contributed by atoms with van der Waals surface area (Å²) < 4.78 is 10.3. The topological polar surface area (TPSA) is 134 Å². The van der Waals surface area contributed by atoms with Crippen LogP contribution in [0.15, 0.2) is 48.5 Å². The Bertz CT molecular complexity index is 965. The van der Waals surface area contributed by atoms with Gasteiger partial charge in [0.25, 0.3) is 0 Å². The van der Waals surface area contributed by atoms with Crippen molar-refractivity contribution in [3.05, 3.63) is 59.7 Å². The van der Waals surface area contributed by atoms with Crippen molar-refractivity contribution in [2.75, 3.05) is 26.9 Å². The number of ether oxygens (including phenoxy) is 2. The first-order valence-corrected chi connectivity index (χ1v) is 11.2. The summed E-state index contributed by atoms with van der Waals surface area (Å²) in [5.74, 6) is -1.86. The molecule has 2 aromatic rings. The van der Waals surface area contributed by atoms with Crippen LogP contribution in [0.2, 0.25) is 0 Å². The summed E-state index contributed by atoms with van der Waals surface area (Å²) in [6.45, 7) is 0.316. The fourth-order valence-corrected chi connectivity index (χ4v) is 4.08. The fourth-order valence-electron chi connectivity index (χ4n) is 4.08. The Morgan fingerprint density at radius 3 is 2.24 bits per heavy atom. The smallest absolute Gasteiger partial charge is 0.407 e. The van der Waals surface area contributed by atoms with Gasteiger partial charge in [0.2, 0.25) is 5.91 Å². The number of carboxylic acid groups (broad SMARTS) is 1. The maximum Gasteiger partial charge on any atom is 0.407 e. The first-order chi connectivity index (χ1) is 16.4.